The summed E-state index contributed by atoms with van der Waals surface area (Å²) in [5.41, 5.74) is 1.67. The molecule has 0 amide bonds. The van der Waals surface area contributed by atoms with Gasteiger partial charge in [0.05, 0.1) is 9.85 Å². The molecule has 1 N–H and O–H groups in total. The fourth-order valence-corrected chi connectivity index (χ4v) is 2.58. The standard InChI is InChI=1S/C13H13N3O4S/c1-9(11-3-2-4-12(6-11)15(17)18)14-7-10-5-13(16(19)20)21-8-10/h2-6,8-9,14H,7H2,1H3. The summed E-state index contributed by atoms with van der Waals surface area (Å²) >= 11 is 1.08. The van der Waals surface area contributed by atoms with Crippen molar-refractivity contribution in [1.82, 2.24) is 5.32 Å². The Labute approximate surface area is 124 Å². The summed E-state index contributed by atoms with van der Waals surface area (Å²) in [4.78, 5) is 20.5. The predicted molar refractivity (Wildman–Crippen MR) is 79.3 cm³/mol. The number of hydrogen-bond acceptors (Lipinski definition) is 6. The van der Waals surface area contributed by atoms with Gasteiger partial charge in [-0.3, -0.25) is 20.2 Å². The van der Waals surface area contributed by atoms with Crippen molar-refractivity contribution >= 4 is 22.0 Å². The fourth-order valence-electron chi connectivity index (χ4n) is 1.85. The molecule has 1 aromatic carbocycles. The van der Waals surface area contributed by atoms with Gasteiger partial charge in [0, 0.05) is 36.2 Å². The highest BCUT2D eigenvalue weighted by Crippen LogP contribution is 2.24. The van der Waals surface area contributed by atoms with Crippen LogP contribution < -0.4 is 5.32 Å². The molecule has 110 valence electrons. The third-order valence-electron chi connectivity index (χ3n) is 3.01. The first kappa shape index (κ1) is 15.1. The van der Waals surface area contributed by atoms with Crippen molar-refractivity contribution in [2.45, 2.75) is 19.5 Å². The molecule has 2 aromatic rings. The van der Waals surface area contributed by atoms with Gasteiger partial charge in [-0.15, -0.1) is 0 Å². The third-order valence-corrected chi connectivity index (χ3v) is 3.94. The lowest BCUT2D eigenvalue weighted by Crippen LogP contribution is -2.17. The summed E-state index contributed by atoms with van der Waals surface area (Å²) in [5, 5.41) is 26.4. The van der Waals surface area contributed by atoms with Gasteiger partial charge >= 0.3 is 5.00 Å². The zero-order valence-electron chi connectivity index (χ0n) is 11.2. The van der Waals surface area contributed by atoms with Crippen molar-refractivity contribution in [3.63, 3.8) is 0 Å². The summed E-state index contributed by atoms with van der Waals surface area (Å²) in [5.74, 6) is 0. The molecule has 2 rings (SSSR count). The number of nitro groups is 2. The van der Waals surface area contributed by atoms with Crippen LogP contribution in [0.25, 0.3) is 0 Å². The first-order valence-corrected chi connectivity index (χ1v) is 7.05. The number of nitrogens with one attached hydrogen (secondary N) is 1. The fraction of sp³-hybridized carbons (Fsp3) is 0.231. The van der Waals surface area contributed by atoms with Crippen LogP contribution in [0.4, 0.5) is 10.7 Å². The maximum atomic E-state index is 10.7. The van der Waals surface area contributed by atoms with E-state index in [1.807, 2.05) is 6.92 Å². The molecule has 0 bridgehead atoms. The van der Waals surface area contributed by atoms with E-state index in [1.165, 1.54) is 18.2 Å². The molecule has 1 atom stereocenters. The van der Waals surface area contributed by atoms with E-state index in [0.29, 0.717) is 6.54 Å². The number of thiophene rings is 1. The number of benzene rings is 1. The number of nitrogens with zero attached hydrogens (tertiary/aromatic N) is 2. The Bertz CT molecular complexity index is 671. The normalized spacial score (nSPS) is 12.0. The maximum Gasteiger partial charge on any atom is 0.324 e. The first-order chi connectivity index (χ1) is 9.97. The predicted octanol–water partition coefficient (Wildman–Crippen LogP) is 3.42. The summed E-state index contributed by atoms with van der Waals surface area (Å²) in [7, 11) is 0. The molecule has 0 fully saturated rings. The highest BCUT2D eigenvalue weighted by atomic mass is 32.1. The minimum atomic E-state index is -0.432. The van der Waals surface area contributed by atoms with Gasteiger partial charge in [0.2, 0.25) is 0 Å². The summed E-state index contributed by atoms with van der Waals surface area (Å²) in [6.07, 6.45) is 0. The van der Waals surface area contributed by atoms with Gasteiger partial charge in [-0.05, 0) is 18.1 Å². The molecule has 0 aliphatic heterocycles. The quantitative estimate of drug-likeness (QED) is 0.651. The van der Waals surface area contributed by atoms with Crippen molar-refractivity contribution in [3.05, 3.63) is 67.1 Å². The molecule has 1 aromatic heterocycles. The minimum Gasteiger partial charge on any atom is -0.306 e. The topological polar surface area (TPSA) is 98.3 Å². The molecule has 0 aliphatic rings. The number of rotatable bonds is 6. The molecule has 1 heterocycles. The van der Waals surface area contributed by atoms with Crippen molar-refractivity contribution in [2.24, 2.45) is 0 Å². The SMILES string of the molecule is CC(NCc1csc([N+](=O)[O-])c1)c1cccc([N+](=O)[O-])c1. The molecule has 0 spiro atoms. The van der Waals surface area contributed by atoms with Crippen LogP contribution in [0.3, 0.4) is 0 Å². The van der Waals surface area contributed by atoms with Crippen LogP contribution in [0.2, 0.25) is 0 Å². The summed E-state index contributed by atoms with van der Waals surface area (Å²) in [6.45, 7) is 2.36. The molecular formula is C13H13N3O4S. The zero-order chi connectivity index (χ0) is 15.4. The van der Waals surface area contributed by atoms with Crippen molar-refractivity contribution < 1.29 is 9.85 Å². The van der Waals surface area contributed by atoms with Crippen LogP contribution >= 0.6 is 11.3 Å². The van der Waals surface area contributed by atoms with Gasteiger partial charge in [0.15, 0.2) is 0 Å². The van der Waals surface area contributed by atoms with Gasteiger partial charge in [0.25, 0.3) is 5.69 Å². The Kier molecular flexibility index (Phi) is 4.61. The smallest absolute Gasteiger partial charge is 0.306 e. The maximum absolute atomic E-state index is 10.7. The lowest BCUT2D eigenvalue weighted by Gasteiger charge is -2.13. The molecule has 8 heteroatoms. The van der Waals surface area contributed by atoms with Crippen molar-refractivity contribution in [1.29, 1.82) is 0 Å². The van der Waals surface area contributed by atoms with Gasteiger partial charge in [-0.25, -0.2) is 0 Å². The van der Waals surface area contributed by atoms with Gasteiger partial charge in [-0.1, -0.05) is 23.5 Å². The Morgan fingerprint density at radius 1 is 1.24 bits per heavy atom. The van der Waals surface area contributed by atoms with Gasteiger partial charge in [-0.2, -0.15) is 0 Å². The monoisotopic (exact) mass is 307 g/mol. The molecular weight excluding hydrogens is 294 g/mol. The lowest BCUT2D eigenvalue weighted by molar-refractivity contribution is -0.384. The number of non-ortho nitro benzene ring substituents is 1. The average molecular weight is 307 g/mol. The van der Waals surface area contributed by atoms with Crippen LogP contribution in [0, 0.1) is 20.2 Å². The summed E-state index contributed by atoms with van der Waals surface area (Å²) < 4.78 is 0. The second-order valence-electron chi connectivity index (χ2n) is 4.50. The molecule has 0 radical (unpaired) electrons. The van der Waals surface area contributed by atoms with Crippen molar-refractivity contribution in [3.8, 4) is 0 Å². The van der Waals surface area contributed by atoms with E-state index in [4.69, 9.17) is 0 Å². The van der Waals surface area contributed by atoms with E-state index in [0.717, 1.165) is 22.5 Å². The number of nitro benzene ring substituents is 1. The van der Waals surface area contributed by atoms with Crippen LogP contribution in [-0.2, 0) is 6.54 Å². The number of hydrogen-bond donors (Lipinski definition) is 1. The van der Waals surface area contributed by atoms with Gasteiger partial charge in [0.1, 0.15) is 0 Å². The summed E-state index contributed by atoms with van der Waals surface area (Å²) in [6, 6.07) is 7.84. The van der Waals surface area contributed by atoms with E-state index in [2.05, 4.69) is 5.32 Å². The van der Waals surface area contributed by atoms with E-state index >= 15 is 0 Å². The van der Waals surface area contributed by atoms with E-state index in [9.17, 15) is 20.2 Å². The van der Waals surface area contributed by atoms with E-state index < -0.39 is 9.85 Å². The molecule has 21 heavy (non-hydrogen) atoms. The Morgan fingerprint density at radius 2 is 2.00 bits per heavy atom. The van der Waals surface area contributed by atoms with E-state index in [-0.39, 0.29) is 16.7 Å². The van der Waals surface area contributed by atoms with E-state index in [1.54, 1.807) is 17.5 Å². The lowest BCUT2D eigenvalue weighted by atomic mass is 10.1. The second-order valence-corrected chi connectivity index (χ2v) is 5.39. The molecule has 0 saturated heterocycles. The van der Waals surface area contributed by atoms with Gasteiger partial charge < -0.3 is 5.32 Å². The van der Waals surface area contributed by atoms with Crippen LogP contribution in [0.1, 0.15) is 24.1 Å². The molecule has 1 unspecified atom stereocenters. The largest absolute Gasteiger partial charge is 0.324 e. The third kappa shape index (κ3) is 3.83. The molecule has 0 saturated carbocycles. The average Bonchev–Trinajstić information content (AvgIpc) is 2.94. The van der Waals surface area contributed by atoms with Crippen LogP contribution in [-0.4, -0.2) is 9.85 Å². The highest BCUT2D eigenvalue weighted by Gasteiger charge is 2.13. The Hall–Kier alpha value is -2.32. The highest BCUT2D eigenvalue weighted by molar-refractivity contribution is 7.13. The Morgan fingerprint density at radius 3 is 2.62 bits per heavy atom. The first-order valence-electron chi connectivity index (χ1n) is 6.17. The minimum absolute atomic E-state index is 0.0484. The zero-order valence-corrected chi connectivity index (χ0v) is 12.0. The molecule has 7 nitrogen and oxygen atoms in total. The van der Waals surface area contributed by atoms with Crippen LogP contribution in [0.5, 0.6) is 0 Å². The molecule has 0 aliphatic carbocycles. The Balaban J connectivity index is 2.00. The second kappa shape index (κ2) is 6.42. The van der Waals surface area contributed by atoms with Crippen LogP contribution in [0.15, 0.2) is 35.7 Å². The van der Waals surface area contributed by atoms with Crippen molar-refractivity contribution in [2.75, 3.05) is 0 Å².